The van der Waals surface area contributed by atoms with Gasteiger partial charge < -0.3 is 26.0 Å². The number of benzene rings is 2. The molecule has 1 heterocycles. The maximum atomic E-state index is 14.2. The SMILES string of the molecule is CC(C)(C)OC(=O)N[C@H](Cc1ccccc1F)C(=O)N[C@@H]1CNc2ccccc2NC1=O. The second kappa shape index (κ2) is 9.67. The topological polar surface area (TPSA) is 109 Å². The summed E-state index contributed by atoms with van der Waals surface area (Å²) in [6, 6.07) is 11.1. The summed E-state index contributed by atoms with van der Waals surface area (Å²) in [6.45, 7) is 5.22. The predicted molar refractivity (Wildman–Crippen MR) is 119 cm³/mol. The Bertz CT molecular complexity index is 1010. The summed E-state index contributed by atoms with van der Waals surface area (Å²) in [5.74, 6) is -1.54. The van der Waals surface area contributed by atoms with Crippen LogP contribution in [0.25, 0.3) is 0 Å². The van der Waals surface area contributed by atoms with E-state index in [4.69, 9.17) is 4.74 Å². The van der Waals surface area contributed by atoms with Crippen molar-refractivity contribution in [3.63, 3.8) is 0 Å². The van der Waals surface area contributed by atoms with Gasteiger partial charge in [0.2, 0.25) is 11.8 Å². The van der Waals surface area contributed by atoms with Crippen molar-refractivity contribution in [1.82, 2.24) is 10.6 Å². The minimum absolute atomic E-state index is 0.111. The first-order chi connectivity index (χ1) is 15.1. The molecule has 2 atom stereocenters. The van der Waals surface area contributed by atoms with Crippen molar-refractivity contribution in [1.29, 1.82) is 0 Å². The van der Waals surface area contributed by atoms with Crippen molar-refractivity contribution in [3.05, 3.63) is 59.9 Å². The molecule has 0 saturated heterocycles. The number of carbonyl (C=O) groups is 3. The molecule has 3 amide bonds. The van der Waals surface area contributed by atoms with E-state index < -0.39 is 41.4 Å². The van der Waals surface area contributed by atoms with Crippen LogP contribution in [-0.2, 0) is 20.7 Å². The van der Waals surface area contributed by atoms with Crippen molar-refractivity contribution in [2.24, 2.45) is 0 Å². The van der Waals surface area contributed by atoms with Crippen LogP contribution >= 0.6 is 0 Å². The Hall–Kier alpha value is -3.62. The number of anilines is 2. The number of hydrogen-bond acceptors (Lipinski definition) is 5. The number of ether oxygens (including phenoxy) is 1. The van der Waals surface area contributed by atoms with Gasteiger partial charge in [-0.3, -0.25) is 9.59 Å². The molecule has 2 aromatic rings. The van der Waals surface area contributed by atoms with Crippen molar-refractivity contribution in [2.45, 2.75) is 44.9 Å². The monoisotopic (exact) mass is 442 g/mol. The van der Waals surface area contributed by atoms with Gasteiger partial charge in [-0.1, -0.05) is 30.3 Å². The third kappa shape index (κ3) is 6.19. The van der Waals surface area contributed by atoms with Crippen LogP contribution in [-0.4, -0.2) is 42.1 Å². The summed E-state index contributed by atoms with van der Waals surface area (Å²) in [7, 11) is 0. The van der Waals surface area contributed by atoms with Crippen LogP contribution in [0.2, 0.25) is 0 Å². The lowest BCUT2D eigenvalue weighted by Gasteiger charge is -2.25. The normalized spacial score (nSPS) is 16.5. The Morgan fingerprint density at radius 3 is 2.47 bits per heavy atom. The Morgan fingerprint density at radius 1 is 1.12 bits per heavy atom. The van der Waals surface area contributed by atoms with E-state index in [2.05, 4.69) is 21.3 Å². The minimum Gasteiger partial charge on any atom is -0.444 e. The molecule has 0 radical (unpaired) electrons. The van der Waals surface area contributed by atoms with Crippen LogP contribution in [0.5, 0.6) is 0 Å². The standard InChI is InChI=1S/C23H27FN4O4/c1-23(2,3)32-22(31)28-18(12-14-8-4-5-9-15(14)24)20(29)27-19-13-25-16-10-6-7-11-17(16)26-21(19)30/h4-11,18-19,25H,12-13H2,1-3H3,(H,26,30)(H,27,29)(H,28,31)/t18-,19-/m1/s1. The average Bonchev–Trinajstić information content (AvgIpc) is 2.86. The van der Waals surface area contributed by atoms with Crippen molar-refractivity contribution in [2.75, 3.05) is 17.2 Å². The molecule has 0 aromatic heterocycles. The molecule has 0 aliphatic carbocycles. The molecule has 0 fully saturated rings. The van der Waals surface area contributed by atoms with Gasteiger partial charge >= 0.3 is 6.09 Å². The Labute approximate surface area is 185 Å². The maximum absolute atomic E-state index is 14.2. The van der Waals surface area contributed by atoms with E-state index in [1.165, 1.54) is 18.2 Å². The average molecular weight is 442 g/mol. The van der Waals surface area contributed by atoms with Gasteiger partial charge in [-0.25, -0.2) is 9.18 Å². The van der Waals surface area contributed by atoms with Crippen LogP contribution in [0.4, 0.5) is 20.6 Å². The third-order valence-electron chi connectivity index (χ3n) is 4.70. The van der Waals surface area contributed by atoms with Crippen LogP contribution in [0.1, 0.15) is 26.3 Å². The molecule has 0 saturated carbocycles. The van der Waals surface area contributed by atoms with Gasteiger partial charge in [0.1, 0.15) is 23.5 Å². The first-order valence-corrected chi connectivity index (χ1v) is 10.3. The lowest BCUT2D eigenvalue weighted by Crippen LogP contribution is -2.55. The zero-order chi connectivity index (χ0) is 23.3. The second-order valence-electron chi connectivity index (χ2n) is 8.47. The van der Waals surface area contributed by atoms with Gasteiger partial charge in [0.15, 0.2) is 0 Å². The molecule has 0 bridgehead atoms. The molecule has 170 valence electrons. The molecule has 4 N–H and O–H groups in total. The summed E-state index contributed by atoms with van der Waals surface area (Å²) in [6.07, 6.45) is -0.926. The van der Waals surface area contributed by atoms with Crippen molar-refractivity contribution in [3.8, 4) is 0 Å². The first-order valence-electron chi connectivity index (χ1n) is 10.3. The van der Waals surface area contributed by atoms with Gasteiger partial charge in [-0.05, 0) is 44.5 Å². The summed E-state index contributed by atoms with van der Waals surface area (Å²) in [5, 5.41) is 11.0. The van der Waals surface area contributed by atoms with Crippen LogP contribution in [0.3, 0.4) is 0 Å². The summed E-state index contributed by atoms with van der Waals surface area (Å²) in [4.78, 5) is 38.0. The van der Waals surface area contributed by atoms with E-state index in [1.54, 1.807) is 39.0 Å². The van der Waals surface area contributed by atoms with Gasteiger partial charge in [-0.15, -0.1) is 0 Å². The summed E-state index contributed by atoms with van der Waals surface area (Å²) < 4.78 is 19.4. The van der Waals surface area contributed by atoms with Gasteiger partial charge in [0.25, 0.3) is 0 Å². The van der Waals surface area contributed by atoms with E-state index in [-0.39, 0.29) is 18.5 Å². The number of carbonyl (C=O) groups excluding carboxylic acids is 3. The number of fused-ring (bicyclic) bond motifs is 1. The molecule has 1 aliphatic rings. The molecule has 2 aromatic carbocycles. The zero-order valence-corrected chi connectivity index (χ0v) is 18.2. The first kappa shape index (κ1) is 23.1. The predicted octanol–water partition coefficient (Wildman–Crippen LogP) is 2.81. The molecular formula is C23H27FN4O4. The van der Waals surface area contributed by atoms with Gasteiger partial charge in [0, 0.05) is 13.0 Å². The van der Waals surface area contributed by atoms with Gasteiger partial charge in [-0.2, -0.15) is 0 Å². The Morgan fingerprint density at radius 2 is 1.78 bits per heavy atom. The highest BCUT2D eigenvalue weighted by molar-refractivity contribution is 6.01. The summed E-state index contributed by atoms with van der Waals surface area (Å²) >= 11 is 0. The van der Waals surface area contributed by atoms with Crippen LogP contribution in [0.15, 0.2) is 48.5 Å². The number of amides is 3. The number of para-hydroxylation sites is 2. The number of nitrogens with one attached hydrogen (secondary N) is 4. The van der Waals surface area contributed by atoms with E-state index in [0.29, 0.717) is 5.69 Å². The van der Waals surface area contributed by atoms with E-state index >= 15 is 0 Å². The van der Waals surface area contributed by atoms with E-state index in [1.807, 2.05) is 12.1 Å². The fraction of sp³-hybridized carbons (Fsp3) is 0.348. The van der Waals surface area contributed by atoms with Crippen LogP contribution in [0, 0.1) is 5.82 Å². The number of halogens is 1. The lowest BCUT2D eigenvalue weighted by atomic mass is 10.0. The summed E-state index contributed by atoms with van der Waals surface area (Å²) in [5.41, 5.74) is 0.802. The number of hydrogen-bond donors (Lipinski definition) is 4. The third-order valence-corrected chi connectivity index (χ3v) is 4.70. The molecule has 3 rings (SSSR count). The highest BCUT2D eigenvalue weighted by Gasteiger charge is 2.30. The van der Waals surface area contributed by atoms with E-state index in [9.17, 15) is 18.8 Å². The van der Waals surface area contributed by atoms with Crippen molar-refractivity contribution >= 4 is 29.3 Å². The quantitative estimate of drug-likeness (QED) is 0.570. The number of rotatable bonds is 5. The molecule has 0 spiro atoms. The zero-order valence-electron chi connectivity index (χ0n) is 18.2. The number of alkyl carbamates (subject to hydrolysis) is 1. The maximum Gasteiger partial charge on any atom is 0.408 e. The Balaban J connectivity index is 1.74. The van der Waals surface area contributed by atoms with E-state index in [0.717, 1.165) is 5.69 Å². The van der Waals surface area contributed by atoms with Crippen LogP contribution < -0.4 is 21.3 Å². The molecule has 1 aliphatic heterocycles. The molecule has 9 heteroatoms. The highest BCUT2D eigenvalue weighted by Crippen LogP contribution is 2.23. The van der Waals surface area contributed by atoms with Crippen molar-refractivity contribution < 1.29 is 23.5 Å². The molecule has 32 heavy (non-hydrogen) atoms. The molecule has 8 nitrogen and oxygen atoms in total. The minimum atomic E-state index is -1.15. The molecule has 0 unspecified atom stereocenters. The fourth-order valence-corrected chi connectivity index (χ4v) is 3.20. The molecular weight excluding hydrogens is 415 g/mol. The highest BCUT2D eigenvalue weighted by atomic mass is 19.1. The Kier molecular flexibility index (Phi) is 6.97. The smallest absolute Gasteiger partial charge is 0.408 e. The second-order valence-corrected chi connectivity index (χ2v) is 8.47. The largest absolute Gasteiger partial charge is 0.444 e. The lowest BCUT2D eigenvalue weighted by molar-refractivity contribution is -0.127. The van der Waals surface area contributed by atoms with Gasteiger partial charge in [0.05, 0.1) is 11.4 Å². The fourth-order valence-electron chi connectivity index (χ4n) is 3.20.